The first kappa shape index (κ1) is 21.5. The van der Waals surface area contributed by atoms with Crippen molar-refractivity contribution in [3.05, 3.63) is 82.7 Å². The van der Waals surface area contributed by atoms with Gasteiger partial charge in [-0.05, 0) is 80.5 Å². The summed E-state index contributed by atoms with van der Waals surface area (Å²) in [6, 6.07) is 13.0. The Morgan fingerprint density at radius 1 is 1.16 bits per heavy atom. The molecule has 0 aliphatic carbocycles. The summed E-state index contributed by atoms with van der Waals surface area (Å²) in [5, 5.41) is 4.07. The van der Waals surface area contributed by atoms with Gasteiger partial charge in [0.25, 0.3) is 0 Å². The van der Waals surface area contributed by atoms with Crippen molar-refractivity contribution in [2.45, 2.75) is 39.4 Å². The molecule has 2 atom stereocenters. The molecule has 0 unspecified atom stereocenters. The third kappa shape index (κ3) is 3.95. The molecule has 1 fully saturated rings. The second-order valence-corrected chi connectivity index (χ2v) is 8.29. The summed E-state index contributed by atoms with van der Waals surface area (Å²) in [6.45, 7) is 7.43. The molecule has 0 amide bonds. The van der Waals surface area contributed by atoms with Crippen molar-refractivity contribution in [1.82, 2.24) is 14.9 Å². The molecule has 0 radical (unpaired) electrons. The number of anilines is 1. The minimum absolute atomic E-state index is 0.116. The topological polar surface area (TPSA) is 42.3 Å². The van der Waals surface area contributed by atoms with Crippen molar-refractivity contribution >= 4 is 23.0 Å². The summed E-state index contributed by atoms with van der Waals surface area (Å²) in [5.74, 6) is -0.225. The summed E-state index contributed by atoms with van der Waals surface area (Å²) in [5.41, 5.74) is 5.86. The Kier molecular flexibility index (Phi) is 6.07. The van der Waals surface area contributed by atoms with E-state index in [1.165, 1.54) is 11.6 Å². The summed E-state index contributed by atoms with van der Waals surface area (Å²) in [4.78, 5) is 6.69. The predicted octanol–water partition coefficient (Wildman–Crippen LogP) is 4.77. The number of methoxy groups -OCH3 is 1. The van der Waals surface area contributed by atoms with Gasteiger partial charge < -0.3 is 19.5 Å². The van der Waals surface area contributed by atoms with E-state index in [-0.39, 0.29) is 17.9 Å². The van der Waals surface area contributed by atoms with Gasteiger partial charge in [-0.25, -0.2) is 4.39 Å². The zero-order valence-corrected chi connectivity index (χ0v) is 19.0. The molecule has 0 spiro atoms. The average Bonchev–Trinajstić information content (AvgIpc) is 3.25. The highest BCUT2D eigenvalue weighted by Crippen LogP contribution is 2.43. The van der Waals surface area contributed by atoms with Gasteiger partial charge in [-0.3, -0.25) is 4.98 Å². The normalized spacial score (nSPS) is 18.5. The van der Waals surface area contributed by atoms with Gasteiger partial charge in [0.15, 0.2) is 5.11 Å². The number of thiocarbonyl (C=S) groups is 1. The maximum atomic E-state index is 14.0. The molecule has 1 N–H and O–H groups in total. The lowest BCUT2D eigenvalue weighted by molar-refractivity contribution is 0.186. The maximum absolute atomic E-state index is 14.0. The van der Waals surface area contributed by atoms with Gasteiger partial charge in [0.05, 0.1) is 24.4 Å². The van der Waals surface area contributed by atoms with Crippen molar-refractivity contribution in [2.75, 3.05) is 18.6 Å². The van der Waals surface area contributed by atoms with Crippen LogP contribution in [0.1, 0.15) is 40.3 Å². The second-order valence-electron chi connectivity index (χ2n) is 7.90. The molecule has 31 heavy (non-hydrogen) atoms. The molecule has 0 saturated carbocycles. The zero-order valence-electron chi connectivity index (χ0n) is 18.2. The minimum atomic E-state index is -0.225. The van der Waals surface area contributed by atoms with Crippen molar-refractivity contribution < 1.29 is 9.13 Å². The lowest BCUT2D eigenvalue weighted by atomic mass is 9.96. The van der Waals surface area contributed by atoms with E-state index in [0.717, 1.165) is 29.3 Å². The van der Waals surface area contributed by atoms with E-state index < -0.39 is 0 Å². The molecule has 3 heterocycles. The number of ether oxygens (including phenoxy) is 1. The van der Waals surface area contributed by atoms with Crippen LogP contribution in [0.15, 0.2) is 48.7 Å². The second kappa shape index (κ2) is 8.77. The van der Waals surface area contributed by atoms with E-state index in [1.807, 2.05) is 24.3 Å². The predicted molar refractivity (Wildman–Crippen MR) is 125 cm³/mol. The van der Waals surface area contributed by atoms with Crippen LogP contribution in [0.4, 0.5) is 10.1 Å². The van der Waals surface area contributed by atoms with Crippen LogP contribution < -0.4 is 10.2 Å². The van der Waals surface area contributed by atoms with E-state index in [0.29, 0.717) is 17.3 Å². The van der Waals surface area contributed by atoms with Crippen molar-refractivity contribution in [3.8, 4) is 0 Å². The molecule has 2 aromatic heterocycles. The Morgan fingerprint density at radius 3 is 2.65 bits per heavy atom. The van der Waals surface area contributed by atoms with Gasteiger partial charge in [-0.2, -0.15) is 0 Å². The number of hydrogen-bond acceptors (Lipinski definition) is 3. The maximum Gasteiger partial charge on any atom is 0.174 e. The van der Waals surface area contributed by atoms with Gasteiger partial charge in [-0.1, -0.05) is 6.07 Å². The number of aryl methyl sites for hydroxylation is 2. The molecule has 1 aromatic carbocycles. The molecule has 1 aliphatic rings. The lowest BCUT2D eigenvalue weighted by Crippen LogP contribution is -2.29. The molecular formula is C24H27FN4OS. The van der Waals surface area contributed by atoms with Crippen LogP contribution in [0.3, 0.4) is 0 Å². The highest BCUT2D eigenvalue weighted by Gasteiger charge is 2.42. The molecule has 1 saturated heterocycles. The number of nitrogens with one attached hydrogen (secondary N) is 1. The summed E-state index contributed by atoms with van der Waals surface area (Å²) >= 11 is 5.77. The monoisotopic (exact) mass is 438 g/mol. The molecule has 7 heteroatoms. The van der Waals surface area contributed by atoms with Crippen LogP contribution in [0.2, 0.25) is 0 Å². The van der Waals surface area contributed by atoms with Crippen molar-refractivity contribution in [3.63, 3.8) is 0 Å². The van der Waals surface area contributed by atoms with Crippen molar-refractivity contribution in [2.24, 2.45) is 0 Å². The van der Waals surface area contributed by atoms with Crippen LogP contribution in [-0.4, -0.2) is 28.4 Å². The number of aromatic nitrogens is 2. The molecule has 3 aromatic rings. The first-order chi connectivity index (χ1) is 14.9. The number of halogens is 1. The largest absolute Gasteiger partial charge is 0.383 e. The summed E-state index contributed by atoms with van der Waals surface area (Å²) in [6.07, 6.45) is 1.80. The third-order valence-corrected chi connectivity index (χ3v) is 6.28. The molecule has 1 aliphatic heterocycles. The number of nitrogens with zero attached hydrogens (tertiary/aromatic N) is 3. The smallest absolute Gasteiger partial charge is 0.174 e. The Morgan fingerprint density at radius 2 is 1.97 bits per heavy atom. The first-order valence-corrected chi connectivity index (χ1v) is 10.8. The highest BCUT2D eigenvalue weighted by molar-refractivity contribution is 7.80. The van der Waals surface area contributed by atoms with E-state index in [1.54, 1.807) is 26.3 Å². The lowest BCUT2D eigenvalue weighted by Gasteiger charge is -2.28. The Bertz CT molecular complexity index is 1100. The molecule has 0 bridgehead atoms. The zero-order chi connectivity index (χ0) is 22.1. The van der Waals surface area contributed by atoms with Gasteiger partial charge in [-0.15, -0.1) is 0 Å². The summed E-state index contributed by atoms with van der Waals surface area (Å²) in [7, 11) is 1.71. The van der Waals surface area contributed by atoms with Crippen LogP contribution in [-0.2, 0) is 11.3 Å². The quantitative estimate of drug-likeness (QED) is 0.562. The van der Waals surface area contributed by atoms with Crippen LogP contribution >= 0.6 is 12.2 Å². The Balaban J connectivity index is 1.85. The summed E-state index contributed by atoms with van der Waals surface area (Å²) < 4.78 is 21.6. The number of rotatable bonds is 6. The van der Waals surface area contributed by atoms with Crippen LogP contribution in [0, 0.1) is 26.6 Å². The SMILES string of the molecule is COCCn1c(C)cc([C@@H]2[C@@H](c3ccccn3)NC(=S)N2c2ccc(F)c(C)c2)c1C. The van der Waals surface area contributed by atoms with Gasteiger partial charge >= 0.3 is 0 Å². The number of benzene rings is 1. The van der Waals surface area contributed by atoms with E-state index >= 15 is 0 Å². The number of pyridine rings is 1. The van der Waals surface area contributed by atoms with E-state index in [9.17, 15) is 4.39 Å². The Hall–Kier alpha value is -2.77. The van der Waals surface area contributed by atoms with E-state index in [2.05, 4.69) is 39.7 Å². The first-order valence-electron chi connectivity index (χ1n) is 10.3. The molecular weight excluding hydrogens is 411 g/mol. The third-order valence-electron chi connectivity index (χ3n) is 5.97. The van der Waals surface area contributed by atoms with Crippen LogP contribution in [0.5, 0.6) is 0 Å². The molecule has 4 rings (SSSR count). The molecule has 5 nitrogen and oxygen atoms in total. The standard InChI is InChI=1S/C24H27FN4OS/c1-15-13-18(8-9-20(15)25)29-23(19-14-16(2)28(17(19)3)11-12-30-4)22(27-24(29)31)21-7-5-6-10-26-21/h5-10,13-14,22-23H,11-12H2,1-4H3,(H,27,31)/t22-,23-/m1/s1. The number of hydrogen-bond donors (Lipinski definition) is 1. The Labute approximate surface area is 187 Å². The van der Waals surface area contributed by atoms with Crippen molar-refractivity contribution in [1.29, 1.82) is 0 Å². The molecule has 162 valence electrons. The fourth-order valence-corrected chi connectivity index (χ4v) is 4.73. The van der Waals surface area contributed by atoms with Gasteiger partial charge in [0.2, 0.25) is 0 Å². The fraction of sp³-hybridized carbons (Fsp3) is 0.333. The van der Waals surface area contributed by atoms with E-state index in [4.69, 9.17) is 17.0 Å². The fourth-order valence-electron chi connectivity index (χ4n) is 4.38. The highest BCUT2D eigenvalue weighted by atomic mass is 32.1. The average molecular weight is 439 g/mol. The minimum Gasteiger partial charge on any atom is -0.383 e. The van der Waals surface area contributed by atoms with Gasteiger partial charge in [0.1, 0.15) is 5.82 Å². The van der Waals surface area contributed by atoms with Crippen LogP contribution in [0.25, 0.3) is 0 Å². The van der Waals surface area contributed by atoms with Gasteiger partial charge in [0, 0.05) is 36.9 Å².